The Morgan fingerprint density at radius 3 is 2.00 bits per heavy atom. The molecular weight excluding hydrogens is 312 g/mol. The van der Waals surface area contributed by atoms with Crippen molar-refractivity contribution in [1.82, 2.24) is 0 Å². The summed E-state index contributed by atoms with van der Waals surface area (Å²) in [7, 11) is 2.30. The highest BCUT2D eigenvalue weighted by molar-refractivity contribution is 5.89. The normalized spacial score (nSPS) is 11.2. The smallest absolute Gasteiger partial charge is 0.362 e. The lowest BCUT2D eigenvalue weighted by atomic mass is 10.3. The van der Waals surface area contributed by atoms with Crippen molar-refractivity contribution in [2.75, 3.05) is 14.2 Å². The predicted octanol–water partition coefficient (Wildman–Crippen LogP) is 3.40. The number of azo groups is 1. The molecule has 0 atom stereocenters. The number of esters is 2. The molecule has 126 valence electrons. The van der Waals surface area contributed by atoms with Gasteiger partial charge >= 0.3 is 11.9 Å². The van der Waals surface area contributed by atoms with Crippen LogP contribution in [0.4, 0.5) is 5.69 Å². The van der Waals surface area contributed by atoms with Crippen molar-refractivity contribution in [2.24, 2.45) is 10.2 Å². The maximum absolute atomic E-state index is 11.7. The van der Waals surface area contributed by atoms with E-state index in [9.17, 15) is 14.7 Å². The summed E-state index contributed by atoms with van der Waals surface area (Å²) < 4.78 is 8.97. The van der Waals surface area contributed by atoms with Crippen LogP contribution >= 0.6 is 0 Å². The molecule has 0 bridgehead atoms. The molecule has 0 saturated carbocycles. The monoisotopic (exact) mass is 330 g/mol. The molecule has 0 aliphatic carbocycles. The van der Waals surface area contributed by atoms with Gasteiger partial charge in [-0.3, -0.25) is 4.79 Å². The summed E-state index contributed by atoms with van der Waals surface area (Å²) in [6.07, 6.45) is -0.512. The maximum atomic E-state index is 11.7. The van der Waals surface area contributed by atoms with E-state index in [-0.39, 0.29) is 0 Å². The zero-order chi connectivity index (χ0) is 17.8. The van der Waals surface area contributed by atoms with Crippen molar-refractivity contribution in [3.05, 3.63) is 66.1 Å². The van der Waals surface area contributed by atoms with E-state index < -0.39 is 29.8 Å². The van der Waals surface area contributed by atoms with Crippen LogP contribution in [0.2, 0.25) is 0 Å². The van der Waals surface area contributed by atoms with Gasteiger partial charge in [0.25, 0.3) is 0 Å². The Morgan fingerprint density at radius 1 is 0.958 bits per heavy atom. The van der Waals surface area contributed by atoms with Crippen molar-refractivity contribution >= 4 is 17.6 Å². The van der Waals surface area contributed by atoms with Gasteiger partial charge in [0.1, 0.15) is 12.2 Å². The van der Waals surface area contributed by atoms with E-state index in [0.29, 0.717) is 5.69 Å². The summed E-state index contributed by atoms with van der Waals surface area (Å²) in [6.45, 7) is 0. The lowest BCUT2D eigenvalue weighted by Crippen LogP contribution is -2.09. The highest BCUT2D eigenvalue weighted by Crippen LogP contribution is 2.15. The molecule has 1 aromatic rings. The van der Waals surface area contributed by atoms with Crippen LogP contribution < -0.4 is 0 Å². The van der Waals surface area contributed by atoms with Crippen molar-refractivity contribution in [1.29, 1.82) is 0 Å². The van der Waals surface area contributed by atoms with Gasteiger partial charge in [0.2, 0.25) is 5.70 Å². The second kappa shape index (κ2) is 10.5. The number of ether oxygens (including phenoxy) is 2. The molecule has 0 spiro atoms. The first-order chi connectivity index (χ1) is 11.6. The number of hydrogen-bond donors (Lipinski definition) is 1. The summed E-state index contributed by atoms with van der Waals surface area (Å²) in [5, 5.41) is 17.5. The highest BCUT2D eigenvalue weighted by Gasteiger charge is 2.18. The Labute approximate surface area is 139 Å². The average molecular weight is 330 g/mol. The van der Waals surface area contributed by atoms with Gasteiger partial charge in [-0.2, -0.15) is 5.11 Å². The van der Waals surface area contributed by atoms with Gasteiger partial charge in [0.05, 0.1) is 19.9 Å². The molecule has 24 heavy (non-hydrogen) atoms. The summed E-state index contributed by atoms with van der Waals surface area (Å²) in [5.74, 6) is -2.22. The van der Waals surface area contributed by atoms with Crippen molar-refractivity contribution in [3.63, 3.8) is 0 Å². The molecule has 0 aliphatic heterocycles. The molecule has 7 nitrogen and oxygen atoms in total. The molecule has 0 unspecified atom stereocenters. The van der Waals surface area contributed by atoms with E-state index in [2.05, 4.69) is 19.7 Å². The Bertz CT molecular complexity index is 672. The largest absolute Gasteiger partial charge is 0.509 e. The van der Waals surface area contributed by atoms with Crippen molar-refractivity contribution in [3.8, 4) is 0 Å². The summed E-state index contributed by atoms with van der Waals surface area (Å²) in [5.41, 5.74) is -0.0350. The number of nitrogens with zero attached hydrogens (tertiary/aromatic N) is 2. The molecule has 0 radical (unpaired) electrons. The zero-order valence-electron chi connectivity index (χ0n) is 13.4. The first-order valence-corrected chi connectivity index (χ1v) is 6.95. The van der Waals surface area contributed by atoms with Gasteiger partial charge in [0, 0.05) is 0 Å². The first-order valence-electron chi connectivity index (χ1n) is 6.95. The van der Waals surface area contributed by atoms with E-state index >= 15 is 0 Å². The van der Waals surface area contributed by atoms with Gasteiger partial charge in [-0.1, -0.05) is 42.5 Å². The third-order valence-corrected chi connectivity index (χ3v) is 2.66. The summed E-state index contributed by atoms with van der Waals surface area (Å²) in [4.78, 5) is 22.9. The highest BCUT2D eigenvalue weighted by atomic mass is 16.5. The van der Waals surface area contributed by atoms with Gasteiger partial charge in [-0.05, 0) is 12.1 Å². The van der Waals surface area contributed by atoms with Crippen LogP contribution in [0.3, 0.4) is 0 Å². The van der Waals surface area contributed by atoms with Gasteiger partial charge in [0.15, 0.2) is 0 Å². The third-order valence-electron chi connectivity index (χ3n) is 2.66. The molecule has 7 heteroatoms. The van der Waals surface area contributed by atoms with Crippen LogP contribution in [-0.4, -0.2) is 31.3 Å². The third kappa shape index (κ3) is 6.69. The fourth-order valence-electron chi connectivity index (χ4n) is 1.46. The van der Waals surface area contributed by atoms with Crippen LogP contribution in [0.25, 0.3) is 0 Å². The Morgan fingerprint density at radius 2 is 1.50 bits per heavy atom. The van der Waals surface area contributed by atoms with Crippen LogP contribution in [-0.2, 0) is 19.1 Å². The van der Waals surface area contributed by atoms with Crippen LogP contribution in [0.15, 0.2) is 76.3 Å². The predicted molar refractivity (Wildman–Crippen MR) is 86.9 cm³/mol. The quantitative estimate of drug-likeness (QED) is 0.386. The molecule has 0 aliphatic rings. The Kier molecular flexibility index (Phi) is 8.23. The molecule has 0 aromatic heterocycles. The number of carbonyl (C=O) groups is 2. The average Bonchev–Trinajstić information content (AvgIpc) is 2.59. The SMILES string of the molecule is COC(=O)CC(O)=C(N=Nc1ccccccccc1)C(=O)OC. The molecule has 1 rings (SSSR count). The second-order valence-electron chi connectivity index (χ2n) is 4.35. The molecule has 1 aromatic carbocycles. The minimum atomic E-state index is -0.914. The molecular formula is C17H18N2O5. The Balaban J connectivity index is 3.19. The fourth-order valence-corrected chi connectivity index (χ4v) is 1.46. The van der Waals surface area contributed by atoms with Gasteiger partial charge in [-0.25, -0.2) is 4.79 Å². The minimum absolute atomic E-state index is 0.429. The molecule has 0 fully saturated rings. The van der Waals surface area contributed by atoms with E-state index in [0.717, 1.165) is 7.11 Å². The number of aliphatic hydroxyl groups excluding tert-OH is 1. The van der Waals surface area contributed by atoms with Gasteiger partial charge in [-0.15, -0.1) is 5.11 Å². The zero-order valence-corrected chi connectivity index (χ0v) is 13.4. The number of rotatable bonds is 5. The van der Waals surface area contributed by atoms with Crippen LogP contribution in [0.5, 0.6) is 0 Å². The molecule has 0 saturated heterocycles. The van der Waals surface area contributed by atoms with E-state index in [1.807, 2.05) is 18.2 Å². The number of carbonyl (C=O) groups excluding carboxylic acids is 2. The second-order valence-corrected chi connectivity index (χ2v) is 4.35. The molecule has 0 heterocycles. The van der Waals surface area contributed by atoms with E-state index in [1.54, 1.807) is 36.4 Å². The van der Waals surface area contributed by atoms with Crippen LogP contribution in [0.1, 0.15) is 6.42 Å². The summed E-state index contributed by atoms with van der Waals surface area (Å²) in [6, 6.07) is 15.9. The maximum Gasteiger partial charge on any atom is 0.362 e. The number of aliphatic hydroxyl groups is 1. The van der Waals surface area contributed by atoms with E-state index in [4.69, 9.17) is 0 Å². The fraction of sp³-hybridized carbons (Fsp3) is 0.176. The topological polar surface area (TPSA) is 97.5 Å². The lowest BCUT2D eigenvalue weighted by Gasteiger charge is -2.03. The summed E-state index contributed by atoms with van der Waals surface area (Å²) >= 11 is 0. The minimum Gasteiger partial charge on any atom is -0.509 e. The van der Waals surface area contributed by atoms with E-state index in [1.165, 1.54) is 7.11 Å². The molecule has 1 N–H and O–H groups in total. The molecule has 0 amide bonds. The lowest BCUT2D eigenvalue weighted by molar-refractivity contribution is -0.140. The van der Waals surface area contributed by atoms with Crippen molar-refractivity contribution < 1.29 is 24.2 Å². The van der Waals surface area contributed by atoms with Crippen molar-refractivity contribution in [2.45, 2.75) is 6.42 Å². The first kappa shape index (κ1) is 18.8. The number of hydrogen-bond acceptors (Lipinski definition) is 7. The van der Waals surface area contributed by atoms with Gasteiger partial charge < -0.3 is 14.6 Å². The Hall–Kier alpha value is -3.22. The standard InChI is InChI=1S/C17H18N2O5/c1-23-15(21)12-14(20)16(17(22)24-2)19-18-13-10-8-6-4-3-5-7-9-11-13/h3-11,20H,12H2,1-2H3. The van der Waals surface area contributed by atoms with Crippen LogP contribution in [0, 0.1) is 0 Å². The number of methoxy groups -OCH3 is 2.